The summed E-state index contributed by atoms with van der Waals surface area (Å²) in [6, 6.07) is 17.5. The average molecular weight is 1040 g/mol. The lowest BCUT2D eigenvalue weighted by Crippen LogP contribution is -2.60. The van der Waals surface area contributed by atoms with Gasteiger partial charge >= 0.3 is 5.97 Å². The van der Waals surface area contributed by atoms with E-state index in [4.69, 9.17) is 37.9 Å². The van der Waals surface area contributed by atoms with Crippen molar-refractivity contribution in [2.24, 2.45) is 23.7 Å². The molecule has 0 unspecified atom stereocenters. The van der Waals surface area contributed by atoms with Crippen molar-refractivity contribution in [2.75, 3.05) is 45.9 Å². The van der Waals surface area contributed by atoms with Crippen LogP contribution in [0.5, 0.6) is 5.75 Å². The molecule has 6 rings (SSSR count). The van der Waals surface area contributed by atoms with Crippen molar-refractivity contribution in [3.63, 3.8) is 0 Å². The molecule has 18 atom stereocenters. The summed E-state index contributed by atoms with van der Waals surface area (Å²) >= 11 is 0. The van der Waals surface area contributed by atoms with Gasteiger partial charge in [-0.25, -0.2) is 0 Å². The van der Waals surface area contributed by atoms with Gasteiger partial charge in [0.15, 0.2) is 12.6 Å². The number of Topliss-reactive ketones (excluding diaryl/α,β-unsaturated/α-hetero) is 1. The highest BCUT2D eigenvalue weighted by Gasteiger charge is 2.53. The molecule has 0 radical (unpaired) electrons. The quantitative estimate of drug-likeness (QED) is 0.102. The van der Waals surface area contributed by atoms with Crippen LogP contribution in [0, 0.1) is 23.7 Å². The van der Waals surface area contributed by atoms with Gasteiger partial charge < -0.3 is 63.0 Å². The van der Waals surface area contributed by atoms with Crippen molar-refractivity contribution in [3.05, 3.63) is 65.7 Å². The van der Waals surface area contributed by atoms with Crippen LogP contribution in [0.25, 0.3) is 6.08 Å². The standard InChI is InChI=1S/C59H92N2O13/c1-15-48-59(11,66)53(63)39(5)51(62)36(2)34-58(10,68-14)55(40(6)52(41(7)56(65)72-48)73-50-35-57(9,67-13)54(64)42(8)71-50)74-49-33-45(32-38(4)70-49)60(12)29-19-31-69-46-26-24-43(25-27-46)21-18-20-37(3)61-30-28-44-22-16-17-23-47(44)61/h16-18,21-27,36-42,45,48-50,52-55,63-64,66H,15,19-20,28-35H2,1-14H3/b21-18-/t36-,37+,38-,39+,40+,41-,42+,45+,48-,49+,50+,52+,53-,54+,55-,57-,58-,59-/m1/s1. The van der Waals surface area contributed by atoms with Gasteiger partial charge in [0.05, 0.1) is 54.2 Å². The fourth-order valence-corrected chi connectivity index (χ4v) is 12.2. The summed E-state index contributed by atoms with van der Waals surface area (Å²) in [4.78, 5) is 33.6. The first-order valence-electron chi connectivity index (χ1n) is 27.5. The van der Waals surface area contributed by atoms with Crippen molar-refractivity contribution in [3.8, 4) is 5.75 Å². The van der Waals surface area contributed by atoms with Gasteiger partial charge in [-0.15, -0.1) is 0 Å². The molecule has 3 saturated heterocycles. The number of ketones is 1. The highest BCUT2D eigenvalue weighted by atomic mass is 16.7. The molecule has 15 heteroatoms. The van der Waals surface area contributed by atoms with Crippen LogP contribution in [0.15, 0.2) is 54.6 Å². The second kappa shape index (κ2) is 25.8. The summed E-state index contributed by atoms with van der Waals surface area (Å²) < 4.78 is 51.5. The Morgan fingerprint density at radius 1 is 0.865 bits per heavy atom. The Bertz CT molecular complexity index is 2140. The highest BCUT2D eigenvalue weighted by Crippen LogP contribution is 2.42. The van der Waals surface area contributed by atoms with E-state index >= 15 is 0 Å². The maximum absolute atomic E-state index is 14.5. The number of ether oxygens (including phenoxy) is 8. The fourth-order valence-electron chi connectivity index (χ4n) is 12.2. The molecular weight excluding hydrogens is 945 g/mol. The molecule has 15 nitrogen and oxygen atoms in total. The Morgan fingerprint density at radius 2 is 1.55 bits per heavy atom. The summed E-state index contributed by atoms with van der Waals surface area (Å²) in [5, 5.41) is 34.5. The number of fused-ring (bicyclic) bond motifs is 1. The lowest BCUT2D eigenvalue weighted by atomic mass is 9.74. The van der Waals surface area contributed by atoms with Crippen LogP contribution in [0.4, 0.5) is 5.69 Å². The van der Waals surface area contributed by atoms with Crippen molar-refractivity contribution >= 4 is 23.5 Å². The van der Waals surface area contributed by atoms with Crippen LogP contribution >= 0.6 is 0 Å². The second-order valence-electron chi connectivity index (χ2n) is 22.9. The monoisotopic (exact) mass is 1040 g/mol. The minimum atomic E-state index is -1.96. The Balaban J connectivity index is 1.15. The number of esters is 1. The maximum Gasteiger partial charge on any atom is 0.311 e. The number of para-hydroxylation sites is 1. The average Bonchev–Trinajstić information content (AvgIpc) is 3.82. The molecule has 0 amide bonds. The van der Waals surface area contributed by atoms with Gasteiger partial charge in [-0.3, -0.25) is 9.59 Å². The van der Waals surface area contributed by atoms with E-state index in [9.17, 15) is 24.9 Å². The number of aliphatic hydroxyl groups is 3. The van der Waals surface area contributed by atoms with Gasteiger partial charge in [0, 0.05) is 75.7 Å². The zero-order chi connectivity index (χ0) is 54.3. The topological polar surface area (TPSA) is 175 Å². The minimum Gasteiger partial charge on any atom is -0.494 e. The van der Waals surface area contributed by atoms with Crippen LogP contribution in [0.2, 0.25) is 0 Å². The number of carbonyl (C=O) groups is 2. The van der Waals surface area contributed by atoms with E-state index in [0.29, 0.717) is 19.1 Å². The molecule has 3 fully saturated rings. The molecule has 0 bridgehead atoms. The SMILES string of the molecule is CC[C@H]1OC(=O)[C@H](C)[C@@H](O[C@H]2C[C@@](C)(OC)[C@@H](O)[C@H](C)O2)[C@H](C)[C@@H](O[C@H]2C[C@@H](N(C)CCCOc3ccc(/C=C\C[C@H](C)N4CCc5ccccc54)cc3)C[C@@H](C)O2)[C@](C)(OC)C[C@@H](C)C(=O)[C@H](C)[C@@H](O)[C@]1(C)O. The van der Waals surface area contributed by atoms with E-state index in [1.165, 1.54) is 25.3 Å². The van der Waals surface area contributed by atoms with Crippen LogP contribution in [-0.2, 0) is 49.2 Å². The highest BCUT2D eigenvalue weighted by molar-refractivity contribution is 5.83. The minimum absolute atomic E-state index is 0.0956. The van der Waals surface area contributed by atoms with E-state index in [1.807, 2.05) is 32.9 Å². The van der Waals surface area contributed by atoms with Gasteiger partial charge in [-0.2, -0.15) is 0 Å². The van der Waals surface area contributed by atoms with Gasteiger partial charge in [0.25, 0.3) is 0 Å². The third kappa shape index (κ3) is 14.0. The number of rotatable bonds is 17. The van der Waals surface area contributed by atoms with Crippen LogP contribution in [0.1, 0.15) is 132 Å². The Labute approximate surface area is 442 Å². The molecule has 3 N–H and O–H groups in total. The van der Waals surface area contributed by atoms with Crippen LogP contribution in [0.3, 0.4) is 0 Å². The van der Waals surface area contributed by atoms with Crippen LogP contribution in [-0.4, -0.2) is 157 Å². The van der Waals surface area contributed by atoms with Crippen molar-refractivity contribution in [1.82, 2.24) is 4.90 Å². The normalized spacial score (nSPS) is 38.2. The number of nitrogens with zero attached hydrogens (tertiary/aromatic N) is 2. The number of aliphatic hydroxyl groups excluding tert-OH is 2. The van der Waals surface area contributed by atoms with Gasteiger partial charge in [-0.1, -0.05) is 70.2 Å². The van der Waals surface area contributed by atoms with E-state index < -0.39 is 95.6 Å². The van der Waals surface area contributed by atoms with Gasteiger partial charge in [0.1, 0.15) is 29.3 Å². The largest absolute Gasteiger partial charge is 0.494 e. The third-order valence-corrected chi connectivity index (χ3v) is 17.1. The van der Waals surface area contributed by atoms with E-state index in [2.05, 4.69) is 72.3 Å². The zero-order valence-electron chi connectivity index (χ0n) is 47.0. The van der Waals surface area contributed by atoms with Crippen molar-refractivity contribution in [1.29, 1.82) is 0 Å². The zero-order valence-corrected chi connectivity index (χ0v) is 47.0. The van der Waals surface area contributed by atoms with E-state index in [-0.39, 0.29) is 37.2 Å². The first-order chi connectivity index (χ1) is 35.0. The summed E-state index contributed by atoms with van der Waals surface area (Å²) in [7, 11) is 5.23. The number of methoxy groups -OCH3 is 2. The van der Waals surface area contributed by atoms with E-state index in [1.54, 1.807) is 48.7 Å². The predicted molar refractivity (Wildman–Crippen MR) is 286 cm³/mol. The lowest BCUT2D eigenvalue weighted by molar-refractivity contribution is -0.309. The number of benzene rings is 2. The van der Waals surface area contributed by atoms with Gasteiger partial charge in [0.2, 0.25) is 0 Å². The maximum atomic E-state index is 14.5. The van der Waals surface area contributed by atoms with Crippen molar-refractivity contribution < 1.29 is 62.8 Å². The molecule has 0 aliphatic carbocycles. The molecule has 0 aromatic heterocycles. The fraction of sp³-hybridized carbons (Fsp3) is 0.729. The predicted octanol–water partition coefficient (Wildman–Crippen LogP) is 8.16. The third-order valence-electron chi connectivity index (χ3n) is 17.1. The Hall–Kier alpha value is -3.48. The van der Waals surface area contributed by atoms with Crippen molar-refractivity contribution in [2.45, 2.75) is 212 Å². The summed E-state index contributed by atoms with van der Waals surface area (Å²) in [6.07, 6.45) is 1.21. The number of carbonyl (C=O) groups excluding carboxylic acids is 2. The molecule has 2 aromatic carbocycles. The molecular formula is C59H92N2O13. The molecule has 416 valence electrons. The van der Waals surface area contributed by atoms with Gasteiger partial charge in [-0.05, 0) is 123 Å². The Morgan fingerprint density at radius 3 is 2.23 bits per heavy atom. The summed E-state index contributed by atoms with van der Waals surface area (Å²) in [5.41, 5.74) is -0.234. The molecule has 4 aliphatic heterocycles. The molecule has 4 aliphatic rings. The lowest BCUT2D eigenvalue weighted by Gasteiger charge is -2.49. The molecule has 0 spiro atoms. The molecule has 4 heterocycles. The second-order valence-corrected chi connectivity index (χ2v) is 22.9. The van der Waals surface area contributed by atoms with E-state index in [0.717, 1.165) is 50.1 Å². The number of hydrogen-bond donors (Lipinski definition) is 3. The van der Waals surface area contributed by atoms with Crippen LogP contribution < -0.4 is 9.64 Å². The number of anilines is 1. The molecule has 0 saturated carbocycles. The first kappa shape index (κ1) is 59.8. The molecule has 74 heavy (non-hydrogen) atoms. The number of cyclic esters (lactones) is 1. The Kier molecular flexibility index (Phi) is 20.8. The molecule has 2 aromatic rings. The smallest absolute Gasteiger partial charge is 0.311 e. The summed E-state index contributed by atoms with van der Waals surface area (Å²) in [6.45, 7) is 22.3. The number of hydrogen-bond acceptors (Lipinski definition) is 15. The first-order valence-corrected chi connectivity index (χ1v) is 27.5. The summed E-state index contributed by atoms with van der Waals surface area (Å²) in [5.74, 6) is -3.41.